The number of rotatable bonds is 6. The molecule has 0 spiro atoms. The van der Waals surface area contributed by atoms with Crippen molar-refractivity contribution < 1.29 is 14.7 Å². The van der Waals surface area contributed by atoms with E-state index >= 15 is 0 Å². The number of hydrogen-bond donors (Lipinski definition) is 4. The van der Waals surface area contributed by atoms with E-state index in [1.54, 1.807) is 0 Å². The maximum atomic E-state index is 12.1. The van der Waals surface area contributed by atoms with Crippen LogP contribution in [0.15, 0.2) is 22.8 Å². The van der Waals surface area contributed by atoms with Crippen molar-refractivity contribution in [3.8, 4) is 5.75 Å². The molecule has 128 valence electrons. The van der Waals surface area contributed by atoms with Crippen molar-refractivity contribution >= 4 is 27.7 Å². The fourth-order valence-electron chi connectivity index (χ4n) is 1.97. The van der Waals surface area contributed by atoms with Gasteiger partial charge in [0.2, 0.25) is 0 Å². The predicted octanol–water partition coefficient (Wildman–Crippen LogP) is 1.56. The van der Waals surface area contributed by atoms with Gasteiger partial charge < -0.3 is 15.7 Å². The Morgan fingerprint density at radius 3 is 2.42 bits per heavy atom. The summed E-state index contributed by atoms with van der Waals surface area (Å²) in [6, 6.07) is 2.91. The van der Waals surface area contributed by atoms with Crippen LogP contribution in [0.25, 0.3) is 0 Å². The van der Waals surface area contributed by atoms with Crippen LogP contribution in [-0.2, 0) is 0 Å². The summed E-state index contributed by atoms with van der Waals surface area (Å²) >= 11 is 3.36. The molecule has 4 N–H and O–H groups in total. The van der Waals surface area contributed by atoms with Gasteiger partial charge in [0.05, 0.1) is 10.2 Å². The van der Waals surface area contributed by atoms with E-state index in [1.165, 1.54) is 18.3 Å². The molecule has 0 aliphatic rings. The summed E-state index contributed by atoms with van der Waals surface area (Å²) in [5, 5.41) is 21.6. The van der Waals surface area contributed by atoms with Gasteiger partial charge in [-0.15, -0.1) is 0 Å². The molecule has 0 aromatic carbocycles. The quantitative estimate of drug-likeness (QED) is 0.553. The third-order valence-electron chi connectivity index (χ3n) is 3.22. The van der Waals surface area contributed by atoms with Crippen LogP contribution in [0.2, 0.25) is 0 Å². The molecule has 2 rings (SSSR count). The molecule has 0 aliphatic carbocycles. The molecule has 0 unspecified atom stereocenters. The van der Waals surface area contributed by atoms with Crippen LogP contribution >= 0.6 is 15.9 Å². The highest BCUT2D eigenvalue weighted by Gasteiger charge is 2.19. The maximum absolute atomic E-state index is 12.1. The number of amides is 2. The molecule has 2 aromatic heterocycles. The number of aromatic nitrogens is 3. The zero-order valence-electron chi connectivity index (χ0n) is 13.3. The summed E-state index contributed by atoms with van der Waals surface area (Å²) < 4.78 is 0.637. The fourth-order valence-corrected chi connectivity index (χ4v) is 2.78. The Kier molecular flexibility index (Phi) is 5.91. The average Bonchev–Trinajstić information content (AvgIpc) is 2.93. The van der Waals surface area contributed by atoms with E-state index in [1.807, 2.05) is 13.8 Å². The highest BCUT2D eigenvalue weighted by atomic mass is 79.9. The molecular formula is C15H18BrN5O3. The minimum absolute atomic E-state index is 0.0551. The number of H-pyrrole nitrogens is 1. The van der Waals surface area contributed by atoms with Gasteiger partial charge >= 0.3 is 0 Å². The standard InChI is InChI=1S/C15H18BrN5O3/c1-8(2)11-10(16)13(21-20-11)15(24)19-7-6-18-14(23)12-9(22)4-3-5-17-12/h3-5,8,22H,6-7H2,1-2H3,(H,18,23)(H,19,24)(H,20,21). The second-order valence-corrected chi connectivity index (χ2v) is 6.13. The van der Waals surface area contributed by atoms with Crippen molar-refractivity contribution in [1.29, 1.82) is 0 Å². The first kappa shape index (κ1) is 17.9. The average molecular weight is 396 g/mol. The Labute approximate surface area is 147 Å². The molecule has 9 heteroatoms. The van der Waals surface area contributed by atoms with Gasteiger partial charge in [0.15, 0.2) is 11.4 Å². The van der Waals surface area contributed by atoms with Gasteiger partial charge in [-0.2, -0.15) is 5.10 Å². The molecule has 2 amide bonds. The normalized spacial score (nSPS) is 10.7. The lowest BCUT2D eigenvalue weighted by atomic mass is 10.1. The van der Waals surface area contributed by atoms with Crippen molar-refractivity contribution in [2.24, 2.45) is 0 Å². The summed E-state index contributed by atoms with van der Waals surface area (Å²) in [7, 11) is 0. The molecule has 8 nitrogen and oxygen atoms in total. The lowest BCUT2D eigenvalue weighted by molar-refractivity contribution is 0.0920. The largest absolute Gasteiger partial charge is 0.505 e. The second kappa shape index (κ2) is 7.91. The van der Waals surface area contributed by atoms with E-state index in [9.17, 15) is 14.7 Å². The van der Waals surface area contributed by atoms with E-state index in [0.717, 1.165) is 5.69 Å². The molecule has 24 heavy (non-hydrogen) atoms. The Bertz CT molecular complexity index is 744. The highest BCUT2D eigenvalue weighted by molar-refractivity contribution is 9.10. The molecular weight excluding hydrogens is 378 g/mol. The molecule has 2 aromatic rings. The van der Waals surface area contributed by atoms with Gasteiger partial charge in [0, 0.05) is 19.3 Å². The number of aromatic hydroxyl groups is 1. The minimum atomic E-state index is -0.509. The molecule has 0 radical (unpaired) electrons. The monoisotopic (exact) mass is 395 g/mol. The summed E-state index contributed by atoms with van der Waals surface area (Å²) in [5.74, 6) is -0.843. The first-order chi connectivity index (χ1) is 11.4. The van der Waals surface area contributed by atoms with E-state index in [-0.39, 0.29) is 42.1 Å². The van der Waals surface area contributed by atoms with Crippen molar-refractivity contribution in [3.63, 3.8) is 0 Å². The van der Waals surface area contributed by atoms with Gasteiger partial charge in [-0.25, -0.2) is 4.98 Å². The van der Waals surface area contributed by atoms with Crippen LogP contribution in [0.3, 0.4) is 0 Å². The number of hydrogen-bond acceptors (Lipinski definition) is 5. The number of pyridine rings is 1. The summed E-state index contributed by atoms with van der Waals surface area (Å²) in [6.45, 7) is 4.39. The first-order valence-corrected chi connectivity index (χ1v) is 8.15. The number of carbonyl (C=O) groups is 2. The Morgan fingerprint density at radius 2 is 1.88 bits per heavy atom. The van der Waals surface area contributed by atoms with Crippen LogP contribution < -0.4 is 10.6 Å². The SMILES string of the molecule is CC(C)c1[nH]nc(C(=O)NCCNC(=O)c2ncccc2O)c1Br. The third-order valence-corrected chi connectivity index (χ3v) is 4.03. The molecule has 0 aliphatic heterocycles. The number of halogens is 1. The number of nitrogens with one attached hydrogen (secondary N) is 3. The summed E-state index contributed by atoms with van der Waals surface area (Å²) in [5.41, 5.74) is 1.06. The van der Waals surface area contributed by atoms with E-state index < -0.39 is 5.91 Å². The first-order valence-electron chi connectivity index (χ1n) is 7.36. The van der Waals surface area contributed by atoms with Crippen LogP contribution in [0.5, 0.6) is 5.75 Å². The van der Waals surface area contributed by atoms with Crippen LogP contribution in [0.1, 0.15) is 46.4 Å². The number of carbonyl (C=O) groups excluding carboxylic acids is 2. The zero-order valence-corrected chi connectivity index (χ0v) is 14.8. The molecule has 0 saturated carbocycles. The molecule has 0 atom stereocenters. The lowest BCUT2D eigenvalue weighted by Gasteiger charge is -2.07. The van der Waals surface area contributed by atoms with E-state index in [2.05, 4.69) is 41.7 Å². The van der Waals surface area contributed by atoms with Crippen LogP contribution in [-0.4, -0.2) is 45.2 Å². The minimum Gasteiger partial charge on any atom is -0.505 e. The van der Waals surface area contributed by atoms with Crippen LogP contribution in [0, 0.1) is 0 Å². The third kappa shape index (κ3) is 4.10. The Morgan fingerprint density at radius 1 is 1.25 bits per heavy atom. The molecule has 0 bridgehead atoms. The van der Waals surface area contributed by atoms with Crippen molar-refractivity contribution in [2.75, 3.05) is 13.1 Å². The van der Waals surface area contributed by atoms with E-state index in [4.69, 9.17) is 0 Å². The Hall–Kier alpha value is -2.42. The van der Waals surface area contributed by atoms with Gasteiger partial charge in [0.1, 0.15) is 5.75 Å². The molecule has 0 fully saturated rings. The van der Waals surface area contributed by atoms with Gasteiger partial charge in [-0.05, 0) is 34.0 Å². The maximum Gasteiger partial charge on any atom is 0.273 e. The number of aromatic amines is 1. The molecule has 0 saturated heterocycles. The smallest absolute Gasteiger partial charge is 0.273 e. The molecule has 2 heterocycles. The lowest BCUT2D eigenvalue weighted by Crippen LogP contribution is -2.35. The van der Waals surface area contributed by atoms with Crippen molar-refractivity contribution in [2.45, 2.75) is 19.8 Å². The fraction of sp³-hybridized carbons (Fsp3) is 0.333. The number of nitrogens with zero attached hydrogens (tertiary/aromatic N) is 2. The van der Waals surface area contributed by atoms with Crippen molar-refractivity contribution in [1.82, 2.24) is 25.8 Å². The second-order valence-electron chi connectivity index (χ2n) is 5.34. The van der Waals surface area contributed by atoms with Gasteiger partial charge in [-0.3, -0.25) is 14.7 Å². The van der Waals surface area contributed by atoms with Crippen LogP contribution in [0.4, 0.5) is 0 Å². The Balaban J connectivity index is 1.83. The van der Waals surface area contributed by atoms with E-state index in [0.29, 0.717) is 4.47 Å². The summed E-state index contributed by atoms with van der Waals surface area (Å²) in [6.07, 6.45) is 1.41. The van der Waals surface area contributed by atoms with Gasteiger partial charge in [-0.1, -0.05) is 13.8 Å². The zero-order chi connectivity index (χ0) is 17.7. The predicted molar refractivity (Wildman–Crippen MR) is 90.9 cm³/mol. The highest BCUT2D eigenvalue weighted by Crippen LogP contribution is 2.25. The topological polar surface area (TPSA) is 120 Å². The van der Waals surface area contributed by atoms with Gasteiger partial charge in [0.25, 0.3) is 11.8 Å². The summed E-state index contributed by atoms with van der Waals surface area (Å²) in [4.78, 5) is 27.7. The van der Waals surface area contributed by atoms with Crippen molar-refractivity contribution in [3.05, 3.63) is 39.9 Å².